The van der Waals surface area contributed by atoms with Crippen LogP contribution >= 0.6 is 11.8 Å². The van der Waals surface area contributed by atoms with E-state index >= 15 is 0 Å². The molecule has 1 amide bonds. The Morgan fingerprint density at radius 2 is 2.11 bits per heavy atom. The number of benzene rings is 1. The number of anilines is 1. The lowest BCUT2D eigenvalue weighted by molar-refractivity contribution is -0.136. The molecule has 5 nitrogen and oxygen atoms in total. The summed E-state index contributed by atoms with van der Waals surface area (Å²) in [5.41, 5.74) is 1.69. The molecule has 0 bridgehead atoms. The highest BCUT2D eigenvalue weighted by molar-refractivity contribution is 7.99. The van der Waals surface area contributed by atoms with Crippen molar-refractivity contribution in [1.82, 2.24) is 5.32 Å². The van der Waals surface area contributed by atoms with Crippen molar-refractivity contribution in [2.75, 3.05) is 23.1 Å². The quantitative estimate of drug-likeness (QED) is 0.863. The van der Waals surface area contributed by atoms with Crippen LogP contribution in [0.25, 0.3) is 0 Å². The molecule has 1 aromatic rings. The molecular formula is C13H16N2O3S. The Kier molecular flexibility index (Phi) is 4.44. The van der Waals surface area contributed by atoms with Gasteiger partial charge in [0, 0.05) is 17.3 Å². The van der Waals surface area contributed by atoms with Crippen LogP contribution in [0.1, 0.15) is 5.56 Å². The van der Waals surface area contributed by atoms with Gasteiger partial charge in [0.05, 0.1) is 6.04 Å². The Labute approximate surface area is 116 Å². The summed E-state index contributed by atoms with van der Waals surface area (Å²) in [6.45, 7) is 1.63. The highest BCUT2D eigenvalue weighted by Crippen LogP contribution is 2.19. The first-order chi connectivity index (χ1) is 9.08. The van der Waals surface area contributed by atoms with Gasteiger partial charge in [-0.25, -0.2) is 0 Å². The normalized spacial score (nSPS) is 18.3. The third-order valence-corrected chi connectivity index (χ3v) is 3.86. The van der Waals surface area contributed by atoms with Crippen LogP contribution in [0.4, 0.5) is 5.69 Å². The molecule has 1 saturated heterocycles. The SMILES string of the molecule is Cc1ccc(N(CC(=O)O)C(=O)C2CSCN2)cc1. The smallest absolute Gasteiger partial charge is 0.323 e. The molecule has 1 unspecified atom stereocenters. The summed E-state index contributed by atoms with van der Waals surface area (Å²) in [6, 6.07) is 6.99. The predicted octanol–water partition coefficient (Wildman–Crippen LogP) is 1.08. The van der Waals surface area contributed by atoms with Crippen LogP contribution < -0.4 is 10.2 Å². The Bertz CT molecular complexity index is 469. The van der Waals surface area contributed by atoms with E-state index in [4.69, 9.17) is 5.11 Å². The van der Waals surface area contributed by atoms with Gasteiger partial charge in [-0.1, -0.05) is 17.7 Å². The van der Waals surface area contributed by atoms with Gasteiger partial charge in [0.15, 0.2) is 0 Å². The molecule has 2 N–H and O–H groups in total. The molecule has 0 aliphatic carbocycles. The summed E-state index contributed by atoms with van der Waals surface area (Å²) in [7, 11) is 0. The van der Waals surface area contributed by atoms with E-state index in [1.807, 2.05) is 19.1 Å². The standard InChI is InChI=1S/C13H16N2O3S/c1-9-2-4-10(5-3-9)15(6-12(16)17)13(18)11-7-19-8-14-11/h2-5,11,14H,6-8H2,1H3,(H,16,17). The number of carboxylic acids is 1. The molecule has 1 fully saturated rings. The second-order valence-electron chi connectivity index (χ2n) is 4.43. The topological polar surface area (TPSA) is 69.6 Å². The number of carbonyl (C=O) groups excluding carboxylic acids is 1. The number of hydrogen-bond acceptors (Lipinski definition) is 4. The lowest BCUT2D eigenvalue weighted by Gasteiger charge is -2.24. The average Bonchev–Trinajstić information content (AvgIpc) is 2.90. The molecule has 0 radical (unpaired) electrons. The minimum absolute atomic E-state index is 0.184. The van der Waals surface area contributed by atoms with Crippen molar-refractivity contribution in [2.24, 2.45) is 0 Å². The number of carbonyl (C=O) groups is 2. The second kappa shape index (κ2) is 6.08. The molecule has 0 aromatic heterocycles. The van der Waals surface area contributed by atoms with Gasteiger partial charge >= 0.3 is 5.97 Å². The average molecular weight is 280 g/mol. The zero-order valence-corrected chi connectivity index (χ0v) is 11.4. The lowest BCUT2D eigenvalue weighted by Crippen LogP contribution is -2.47. The summed E-state index contributed by atoms with van der Waals surface area (Å²) < 4.78 is 0. The fourth-order valence-corrected chi connectivity index (χ4v) is 2.83. The van der Waals surface area contributed by atoms with Crippen molar-refractivity contribution < 1.29 is 14.7 Å². The van der Waals surface area contributed by atoms with E-state index in [0.717, 1.165) is 11.4 Å². The molecule has 0 spiro atoms. The van der Waals surface area contributed by atoms with Gasteiger partial charge in [0.1, 0.15) is 6.54 Å². The molecule has 1 aliphatic heterocycles. The van der Waals surface area contributed by atoms with E-state index in [1.165, 1.54) is 4.90 Å². The Balaban J connectivity index is 2.21. The van der Waals surface area contributed by atoms with Crippen molar-refractivity contribution in [1.29, 1.82) is 0 Å². The summed E-state index contributed by atoms with van der Waals surface area (Å²) in [5.74, 6) is 0.210. The van der Waals surface area contributed by atoms with E-state index in [-0.39, 0.29) is 18.5 Å². The van der Waals surface area contributed by atoms with Gasteiger partial charge in [0.25, 0.3) is 0 Å². The van der Waals surface area contributed by atoms with Crippen LogP contribution in [0.2, 0.25) is 0 Å². The van der Waals surface area contributed by atoms with Crippen molar-refractivity contribution in [3.05, 3.63) is 29.8 Å². The molecule has 19 heavy (non-hydrogen) atoms. The molecule has 1 atom stereocenters. The van der Waals surface area contributed by atoms with Gasteiger partial charge in [-0.3, -0.25) is 19.8 Å². The van der Waals surface area contributed by atoms with E-state index in [2.05, 4.69) is 5.32 Å². The lowest BCUT2D eigenvalue weighted by atomic mass is 10.2. The van der Waals surface area contributed by atoms with Crippen LogP contribution in [0.5, 0.6) is 0 Å². The first-order valence-electron chi connectivity index (χ1n) is 5.99. The zero-order chi connectivity index (χ0) is 13.8. The van der Waals surface area contributed by atoms with Gasteiger partial charge in [-0.05, 0) is 19.1 Å². The third-order valence-electron chi connectivity index (χ3n) is 2.92. The van der Waals surface area contributed by atoms with Crippen LogP contribution in [-0.4, -0.2) is 41.2 Å². The number of amides is 1. The minimum atomic E-state index is -1.01. The third kappa shape index (κ3) is 3.48. The monoisotopic (exact) mass is 280 g/mol. The largest absolute Gasteiger partial charge is 0.480 e. The van der Waals surface area contributed by atoms with Crippen molar-refractivity contribution in [3.63, 3.8) is 0 Å². The summed E-state index contributed by atoms with van der Waals surface area (Å²) >= 11 is 1.64. The number of thioether (sulfide) groups is 1. The number of hydrogen-bond donors (Lipinski definition) is 2. The first kappa shape index (κ1) is 13.9. The maximum absolute atomic E-state index is 12.4. The van der Waals surface area contributed by atoms with E-state index in [0.29, 0.717) is 11.4 Å². The Hall–Kier alpha value is -1.53. The molecule has 1 aromatic carbocycles. The fourth-order valence-electron chi connectivity index (χ4n) is 1.90. The molecule has 6 heteroatoms. The van der Waals surface area contributed by atoms with Crippen molar-refractivity contribution in [3.8, 4) is 0 Å². The highest BCUT2D eigenvalue weighted by Gasteiger charge is 2.29. The van der Waals surface area contributed by atoms with Crippen LogP contribution in [0, 0.1) is 6.92 Å². The van der Waals surface area contributed by atoms with E-state index in [9.17, 15) is 9.59 Å². The minimum Gasteiger partial charge on any atom is -0.480 e. The fraction of sp³-hybridized carbons (Fsp3) is 0.385. The highest BCUT2D eigenvalue weighted by atomic mass is 32.2. The van der Waals surface area contributed by atoms with Crippen LogP contribution in [0.15, 0.2) is 24.3 Å². The maximum Gasteiger partial charge on any atom is 0.323 e. The predicted molar refractivity (Wildman–Crippen MR) is 75.4 cm³/mol. The van der Waals surface area contributed by atoms with E-state index in [1.54, 1.807) is 23.9 Å². The molecular weight excluding hydrogens is 264 g/mol. The maximum atomic E-state index is 12.4. The molecule has 102 valence electrons. The van der Waals surface area contributed by atoms with Gasteiger partial charge in [-0.2, -0.15) is 0 Å². The summed E-state index contributed by atoms with van der Waals surface area (Å²) in [6.07, 6.45) is 0. The van der Waals surface area contributed by atoms with Crippen LogP contribution in [-0.2, 0) is 9.59 Å². The number of aryl methyl sites for hydroxylation is 1. The number of aliphatic carboxylic acids is 1. The van der Waals surface area contributed by atoms with Crippen LogP contribution in [0.3, 0.4) is 0 Å². The zero-order valence-electron chi connectivity index (χ0n) is 10.6. The van der Waals surface area contributed by atoms with Crippen molar-refractivity contribution in [2.45, 2.75) is 13.0 Å². The second-order valence-corrected chi connectivity index (χ2v) is 5.46. The molecule has 2 rings (SSSR count). The summed E-state index contributed by atoms with van der Waals surface area (Å²) in [5, 5.41) is 12.0. The number of carboxylic acid groups (broad SMARTS) is 1. The first-order valence-corrected chi connectivity index (χ1v) is 7.14. The number of rotatable bonds is 4. The molecule has 1 aliphatic rings. The number of nitrogens with one attached hydrogen (secondary N) is 1. The Morgan fingerprint density at radius 1 is 1.42 bits per heavy atom. The van der Waals surface area contributed by atoms with Crippen molar-refractivity contribution >= 4 is 29.3 Å². The number of nitrogens with zero attached hydrogens (tertiary/aromatic N) is 1. The summed E-state index contributed by atoms with van der Waals surface area (Å²) in [4.78, 5) is 24.6. The van der Waals surface area contributed by atoms with E-state index < -0.39 is 5.97 Å². The molecule has 0 saturated carbocycles. The molecule has 1 heterocycles. The van der Waals surface area contributed by atoms with Gasteiger partial charge < -0.3 is 5.11 Å². The van der Waals surface area contributed by atoms with Gasteiger partial charge in [0.2, 0.25) is 5.91 Å². The van der Waals surface area contributed by atoms with Gasteiger partial charge in [-0.15, -0.1) is 11.8 Å². The Morgan fingerprint density at radius 3 is 2.63 bits per heavy atom.